The van der Waals surface area contributed by atoms with Crippen molar-refractivity contribution < 1.29 is 18.7 Å². The van der Waals surface area contributed by atoms with Crippen molar-refractivity contribution in [2.45, 2.75) is 76.6 Å². The molecule has 0 radical (unpaired) electrons. The van der Waals surface area contributed by atoms with Crippen molar-refractivity contribution in [3.8, 4) is 5.75 Å². The van der Waals surface area contributed by atoms with E-state index in [-0.39, 0.29) is 23.7 Å². The molecule has 3 aromatic carbocycles. The molecule has 8 heteroatoms. The molecule has 6 nitrogen and oxygen atoms in total. The number of nitrogens with zero attached hydrogens (tertiary/aromatic N) is 2. The summed E-state index contributed by atoms with van der Waals surface area (Å²) in [6.07, 6.45) is 3.43. The molecule has 1 saturated heterocycles. The monoisotopic (exact) mass is 605 g/mol. The summed E-state index contributed by atoms with van der Waals surface area (Å²) in [7, 11) is 0. The van der Waals surface area contributed by atoms with Gasteiger partial charge in [0.1, 0.15) is 17.6 Å². The number of amides is 2. The lowest BCUT2D eigenvalue weighted by Crippen LogP contribution is -2.46. The maximum absolute atomic E-state index is 14.4. The van der Waals surface area contributed by atoms with Gasteiger partial charge in [0.05, 0.1) is 18.2 Å². The van der Waals surface area contributed by atoms with Gasteiger partial charge in [0.25, 0.3) is 5.91 Å². The number of carbonyl (C=O) groups is 2. The van der Waals surface area contributed by atoms with Crippen LogP contribution in [0.15, 0.2) is 78.9 Å². The first-order valence-electron chi connectivity index (χ1n) is 15.6. The number of ether oxygens (including phenoxy) is 1. The molecular weight excluding hydrogens is 561 g/mol. The molecule has 2 heterocycles. The van der Waals surface area contributed by atoms with Gasteiger partial charge in [0.2, 0.25) is 5.91 Å². The predicted molar refractivity (Wildman–Crippen MR) is 174 cm³/mol. The SMILES string of the molecule is CC.CC.O=C(NSC1CC1)C1CC(N2CCCOc3ccc(F)cc32)CN1C(=O)C(c1ccccc1)c1ccccc1. The van der Waals surface area contributed by atoms with E-state index in [1.807, 2.05) is 88.4 Å². The second kappa shape index (κ2) is 15.8. The molecule has 1 saturated carbocycles. The van der Waals surface area contributed by atoms with Crippen LogP contribution in [-0.2, 0) is 9.59 Å². The Morgan fingerprint density at radius 2 is 1.56 bits per heavy atom. The van der Waals surface area contributed by atoms with Crippen molar-refractivity contribution in [3.05, 3.63) is 95.8 Å². The molecule has 2 fully saturated rings. The van der Waals surface area contributed by atoms with Crippen LogP contribution in [0.2, 0.25) is 0 Å². The van der Waals surface area contributed by atoms with Crippen LogP contribution in [0.4, 0.5) is 10.1 Å². The lowest BCUT2D eigenvalue weighted by atomic mass is 9.90. The Hall–Kier alpha value is -3.52. The van der Waals surface area contributed by atoms with E-state index in [9.17, 15) is 14.0 Å². The molecular formula is C35H44FN3O3S. The highest BCUT2D eigenvalue weighted by atomic mass is 32.2. The lowest BCUT2D eigenvalue weighted by molar-refractivity contribution is -0.138. The summed E-state index contributed by atoms with van der Waals surface area (Å²) < 4.78 is 23.3. The fourth-order valence-electron chi connectivity index (χ4n) is 5.62. The number of hydrogen-bond acceptors (Lipinski definition) is 5. The molecule has 1 N–H and O–H groups in total. The molecule has 3 aliphatic rings. The first-order valence-corrected chi connectivity index (χ1v) is 16.5. The average molecular weight is 606 g/mol. The van der Waals surface area contributed by atoms with Crippen LogP contribution in [0.1, 0.15) is 70.4 Å². The number of rotatable bonds is 7. The highest BCUT2D eigenvalue weighted by Crippen LogP contribution is 2.38. The smallest absolute Gasteiger partial charge is 0.252 e. The van der Waals surface area contributed by atoms with Crippen molar-refractivity contribution in [3.63, 3.8) is 0 Å². The molecule has 6 rings (SSSR count). The Bertz CT molecular complexity index is 1280. The van der Waals surface area contributed by atoms with Gasteiger partial charge in [-0.2, -0.15) is 0 Å². The Morgan fingerprint density at radius 1 is 0.930 bits per heavy atom. The van der Waals surface area contributed by atoms with Crippen molar-refractivity contribution in [2.75, 3.05) is 24.6 Å². The maximum Gasteiger partial charge on any atom is 0.252 e. The highest BCUT2D eigenvalue weighted by Gasteiger charge is 2.45. The first-order chi connectivity index (χ1) is 21.1. The largest absolute Gasteiger partial charge is 0.491 e. The molecule has 2 amide bonds. The summed E-state index contributed by atoms with van der Waals surface area (Å²) in [5, 5.41) is 0.453. The zero-order valence-corrected chi connectivity index (χ0v) is 26.5. The minimum atomic E-state index is -0.621. The van der Waals surface area contributed by atoms with Crippen LogP contribution < -0.4 is 14.4 Å². The summed E-state index contributed by atoms with van der Waals surface area (Å²) >= 11 is 1.46. The number of fused-ring (bicyclic) bond motifs is 1. The van der Waals surface area contributed by atoms with Crippen LogP contribution in [0.5, 0.6) is 5.75 Å². The van der Waals surface area contributed by atoms with Crippen molar-refractivity contribution in [2.24, 2.45) is 0 Å². The molecule has 230 valence electrons. The van der Waals surface area contributed by atoms with Crippen LogP contribution in [-0.4, -0.2) is 53.7 Å². The van der Waals surface area contributed by atoms with Gasteiger partial charge >= 0.3 is 0 Å². The quantitative estimate of drug-likeness (QED) is 0.289. The molecule has 43 heavy (non-hydrogen) atoms. The number of halogens is 1. The van der Waals surface area contributed by atoms with E-state index in [1.54, 1.807) is 11.0 Å². The molecule has 0 spiro atoms. The highest BCUT2D eigenvalue weighted by molar-refractivity contribution is 7.98. The van der Waals surface area contributed by atoms with Crippen molar-refractivity contribution in [1.29, 1.82) is 0 Å². The van der Waals surface area contributed by atoms with Crippen LogP contribution in [0, 0.1) is 5.82 Å². The van der Waals surface area contributed by atoms with E-state index in [1.165, 1.54) is 24.1 Å². The standard InChI is InChI=1S/C31H32FN3O3S.2C2H6/c32-23-12-15-28-26(18-23)34(16-7-17-38-28)24-19-27(30(36)33-39-25-13-14-25)35(20-24)31(37)29(21-8-3-1-4-9-21)22-10-5-2-6-11-22;2*1-2/h1-6,8-12,15,18,24-25,27,29H,7,13-14,16-17,19-20H2,(H,33,36);2*1-2H3. The third kappa shape index (κ3) is 7.91. The summed E-state index contributed by atoms with van der Waals surface area (Å²) in [5.41, 5.74) is 2.46. The molecule has 0 bridgehead atoms. The fourth-order valence-corrected chi connectivity index (χ4v) is 6.41. The molecule has 2 aliphatic heterocycles. The summed E-state index contributed by atoms with van der Waals surface area (Å²) in [6.45, 7) is 9.57. The number of hydrogen-bond donors (Lipinski definition) is 1. The zero-order valence-electron chi connectivity index (χ0n) is 25.7. The van der Waals surface area contributed by atoms with Gasteiger partial charge in [-0.25, -0.2) is 4.39 Å². The van der Waals surface area contributed by atoms with Crippen molar-refractivity contribution in [1.82, 2.24) is 9.62 Å². The Balaban J connectivity index is 0.00000102. The third-order valence-corrected chi connectivity index (χ3v) is 8.82. The maximum atomic E-state index is 14.4. The van der Waals surface area contributed by atoms with Gasteiger partial charge in [-0.1, -0.05) is 88.4 Å². The van der Waals surface area contributed by atoms with Gasteiger partial charge in [0, 0.05) is 30.4 Å². The van der Waals surface area contributed by atoms with E-state index < -0.39 is 12.0 Å². The first kappa shape index (κ1) is 32.4. The minimum Gasteiger partial charge on any atom is -0.491 e. The van der Waals surface area contributed by atoms with Gasteiger partial charge in [-0.15, -0.1) is 0 Å². The Morgan fingerprint density at radius 3 is 2.16 bits per heavy atom. The molecule has 2 unspecified atom stereocenters. The van der Waals surface area contributed by atoms with Crippen molar-refractivity contribution >= 4 is 29.4 Å². The predicted octanol–water partition coefficient (Wildman–Crippen LogP) is 7.20. The second-order valence-corrected chi connectivity index (χ2v) is 11.5. The van der Waals surface area contributed by atoms with E-state index in [4.69, 9.17) is 4.74 Å². The summed E-state index contributed by atoms with van der Waals surface area (Å²) in [6, 6.07) is 23.3. The van der Waals surface area contributed by atoms with E-state index in [0.29, 0.717) is 42.8 Å². The normalized spacial score (nSPS) is 19.1. The van der Waals surface area contributed by atoms with Gasteiger partial charge in [-0.05, 0) is 60.9 Å². The molecule has 1 aliphatic carbocycles. The molecule has 0 aromatic heterocycles. The van der Waals surface area contributed by atoms with Crippen LogP contribution >= 0.6 is 11.9 Å². The van der Waals surface area contributed by atoms with Crippen LogP contribution in [0.3, 0.4) is 0 Å². The van der Waals surface area contributed by atoms with Gasteiger partial charge < -0.3 is 14.5 Å². The number of likely N-dealkylation sites (tertiary alicyclic amines) is 1. The lowest BCUT2D eigenvalue weighted by Gasteiger charge is -2.31. The van der Waals surface area contributed by atoms with E-state index in [0.717, 1.165) is 30.4 Å². The van der Waals surface area contributed by atoms with Gasteiger partial charge in [0.15, 0.2) is 0 Å². The second-order valence-electron chi connectivity index (χ2n) is 10.4. The fraction of sp³-hybridized carbons (Fsp3) is 0.429. The number of carbonyl (C=O) groups excluding carboxylic acids is 2. The van der Waals surface area contributed by atoms with E-state index >= 15 is 0 Å². The minimum absolute atomic E-state index is 0.1000. The zero-order chi connectivity index (χ0) is 30.8. The number of nitrogens with one attached hydrogen (secondary N) is 1. The topological polar surface area (TPSA) is 61.9 Å². The van der Waals surface area contributed by atoms with Crippen LogP contribution in [0.25, 0.3) is 0 Å². The Kier molecular flexibility index (Phi) is 11.9. The summed E-state index contributed by atoms with van der Waals surface area (Å²) in [4.78, 5) is 31.9. The van der Waals surface area contributed by atoms with Gasteiger partial charge in [-0.3, -0.25) is 14.3 Å². The average Bonchev–Trinajstić information content (AvgIpc) is 3.83. The third-order valence-electron chi connectivity index (χ3n) is 7.70. The molecule has 2 atom stereocenters. The molecule has 3 aromatic rings. The number of benzene rings is 3. The Labute approximate surface area is 260 Å². The van der Waals surface area contributed by atoms with E-state index in [2.05, 4.69) is 9.62 Å². The summed E-state index contributed by atoms with van der Waals surface area (Å²) in [5.74, 6) is -0.478. The number of anilines is 1.